The number of hydrogen-bond acceptors (Lipinski definition) is 4. The lowest BCUT2D eigenvalue weighted by atomic mass is 10.2. The number of carbonyl (C=O) groups excluding carboxylic acids is 2. The van der Waals surface area contributed by atoms with Gasteiger partial charge in [0.25, 0.3) is 0 Å². The van der Waals surface area contributed by atoms with E-state index in [2.05, 4.69) is 4.98 Å². The van der Waals surface area contributed by atoms with Crippen LogP contribution in [0.3, 0.4) is 0 Å². The van der Waals surface area contributed by atoms with Crippen LogP contribution in [-0.4, -0.2) is 29.0 Å². The van der Waals surface area contributed by atoms with Crippen molar-refractivity contribution in [1.29, 1.82) is 0 Å². The Bertz CT molecular complexity index is 466. The maximum absolute atomic E-state index is 12.3. The van der Waals surface area contributed by atoms with Gasteiger partial charge in [-0.05, 0) is 52.7 Å². The number of anilines is 1. The summed E-state index contributed by atoms with van der Waals surface area (Å²) in [6.07, 6.45) is 3.24. The van der Waals surface area contributed by atoms with Crippen molar-refractivity contribution < 1.29 is 14.3 Å². The van der Waals surface area contributed by atoms with Crippen molar-refractivity contribution in [3.8, 4) is 0 Å². The van der Waals surface area contributed by atoms with E-state index in [9.17, 15) is 9.59 Å². The lowest BCUT2D eigenvalue weighted by Gasteiger charge is -2.26. The van der Waals surface area contributed by atoms with Gasteiger partial charge in [-0.15, -0.1) is 0 Å². The molecule has 1 aromatic heterocycles. The van der Waals surface area contributed by atoms with Crippen LogP contribution in [0.2, 0.25) is 0 Å². The van der Waals surface area contributed by atoms with E-state index in [-0.39, 0.29) is 5.78 Å². The molecule has 0 bridgehead atoms. The molecule has 0 atom stereocenters. The minimum atomic E-state index is -0.552. The number of amides is 1. The molecule has 0 radical (unpaired) electrons. The van der Waals surface area contributed by atoms with Crippen LogP contribution < -0.4 is 4.90 Å². The highest BCUT2D eigenvalue weighted by atomic mass is 16.6. The second-order valence-corrected chi connectivity index (χ2v) is 5.98. The molecule has 5 heteroatoms. The standard InChI is InChI=1S/C16H24N2O3/c1-13(19)9-6-8-12-18(14-10-5-7-11-17-14)15(20)21-16(2,3)4/h5,7,10-11H,6,8-9,12H2,1-4H3. The van der Waals surface area contributed by atoms with E-state index in [1.807, 2.05) is 26.8 Å². The van der Waals surface area contributed by atoms with E-state index < -0.39 is 11.7 Å². The molecule has 1 heterocycles. The third kappa shape index (κ3) is 6.88. The Balaban J connectivity index is 2.71. The molecule has 0 aliphatic carbocycles. The maximum atomic E-state index is 12.3. The number of hydrogen-bond donors (Lipinski definition) is 0. The molecule has 0 aromatic carbocycles. The Morgan fingerprint density at radius 3 is 2.48 bits per heavy atom. The fourth-order valence-corrected chi connectivity index (χ4v) is 1.77. The monoisotopic (exact) mass is 292 g/mol. The van der Waals surface area contributed by atoms with Gasteiger partial charge in [0.15, 0.2) is 0 Å². The van der Waals surface area contributed by atoms with Gasteiger partial charge >= 0.3 is 6.09 Å². The number of carbonyl (C=O) groups is 2. The molecular weight excluding hydrogens is 268 g/mol. The van der Waals surface area contributed by atoms with Gasteiger partial charge < -0.3 is 9.53 Å². The van der Waals surface area contributed by atoms with Gasteiger partial charge in [-0.25, -0.2) is 9.78 Å². The van der Waals surface area contributed by atoms with Crippen LogP contribution in [0, 0.1) is 0 Å². The Labute approximate surface area is 126 Å². The molecule has 5 nitrogen and oxygen atoms in total. The molecule has 1 amide bonds. The second kappa shape index (κ2) is 7.76. The molecule has 0 aliphatic heterocycles. The highest BCUT2D eigenvalue weighted by molar-refractivity contribution is 5.86. The highest BCUT2D eigenvalue weighted by Gasteiger charge is 2.23. The van der Waals surface area contributed by atoms with Gasteiger partial charge in [0.05, 0.1) is 0 Å². The van der Waals surface area contributed by atoms with Gasteiger partial charge in [-0.2, -0.15) is 0 Å². The molecule has 1 rings (SSSR count). The van der Waals surface area contributed by atoms with Crippen LogP contribution in [0.1, 0.15) is 47.0 Å². The first kappa shape index (κ1) is 17.1. The number of unbranched alkanes of at least 4 members (excludes halogenated alkanes) is 1. The van der Waals surface area contributed by atoms with Crippen molar-refractivity contribution >= 4 is 17.7 Å². The first-order chi connectivity index (χ1) is 9.79. The number of ketones is 1. The smallest absolute Gasteiger partial charge is 0.416 e. The van der Waals surface area contributed by atoms with E-state index in [4.69, 9.17) is 4.74 Å². The Kier molecular flexibility index (Phi) is 6.34. The largest absolute Gasteiger partial charge is 0.443 e. The van der Waals surface area contributed by atoms with Crippen molar-refractivity contribution in [1.82, 2.24) is 4.98 Å². The third-order valence-corrected chi connectivity index (χ3v) is 2.70. The Hall–Kier alpha value is -1.91. The van der Waals surface area contributed by atoms with Crippen LogP contribution in [0.5, 0.6) is 0 Å². The maximum Gasteiger partial charge on any atom is 0.416 e. The molecular formula is C16H24N2O3. The molecule has 1 aromatic rings. The zero-order chi connectivity index (χ0) is 15.9. The Morgan fingerprint density at radius 1 is 1.24 bits per heavy atom. The van der Waals surface area contributed by atoms with Crippen molar-refractivity contribution in [2.75, 3.05) is 11.4 Å². The molecule has 0 aliphatic rings. The van der Waals surface area contributed by atoms with Crippen LogP contribution in [-0.2, 0) is 9.53 Å². The van der Waals surface area contributed by atoms with Gasteiger partial charge in [0.1, 0.15) is 17.2 Å². The predicted octanol–water partition coefficient (Wildman–Crippen LogP) is 3.58. The van der Waals surface area contributed by atoms with Crippen LogP contribution >= 0.6 is 0 Å². The average molecular weight is 292 g/mol. The second-order valence-electron chi connectivity index (χ2n) is 5.98. The summed E-state index contributed by atoms with van der Waals surface area (Å²) in [5, 5.41) is 0. The molecule has 0 saturated heterocycles. The van der Waals surface area contributed by atoms with Crippen molar-refractivity contribution in [3.05, 3.63) is 24.4 Å². The molecule has 0 saturated carbocycles. The summed E-state index contributed by atoms with van der Waals surface area (Å²) in [6, 6.07) is 5.40. The van der Waals surface area contributed by atoms with Crippen LogP contribution in [0.15, 0.2) is 24.4 Å². The zero-order valence-corrected chi connectivity index (χ0v) is 13.3. The minimum Gasteiger partial charge on any atom is -0.443 e. The number of Topliss-reactive ketones (excluding diaryl/α,β-unsaturated/α-hetero) is 1. The molecule has 21 heavy (non-hydrogen) atoms. The van der Waals surface area contributed by atoms with E-state index >= 15 is 0 Å². The number of rotatable bonds is 6. The van der Waals surface area contributed by atoms with Crippen LogP contribution in [0.25, 0.3) is 0 Å². The molecule has 0 N–H and O–H groups in total. The molecule has 0 spiro atoms. The number of ether oxygens (including phenoxy) is 1. The van der Waals surface area contributed by atoms with E-state index in [0.717, 1.165) is 12.8 Å². The van der Waals surface area contributed by atoms with Gasteiger partial charge in [-0.3, -0.25) is 4.90 Å². The molecule has 0 unspecified atom stereocenters. The summed E-state index contributed by atoms with van der Waals surface area (Å²) in [4.78, 5) is 29.0. The van der Waals surface area contributed by atoms with Crippen molar-refractivity contribution in [3.63, 3.8) is 0 Å². The fraction of sp³-hybridized carbons (Fsp3) is 0.562. The quantitative estimate of drug-likeness (QED) is 0.752. The summed E-state index contributed by atoms with van der Waals surface area (Å²) >= 11 is 0. The van der Waals surface area contributed by atoms with Crippen molar-refractivity contribution in [2.45, 2.75) is 52.6 Å². The number of aromatic nitrogens is 1. The Morgan fingerprint density at radius 2 is 1.95 bits per heavy atom. The lowest BCUT2D eigenvalue weighted by Crippen LogP contribution is -2.38. The van der Waals surface area contributed by atoms with Gasteiger partial charge in [0, 0.05) is 19.2 Å². The summed E-state index contributed by atoms with van der Waals surface area (Å²) in [7, 11) is 0. The average Bonchev–Trinajstić information content (AvgIpc) is 2.37. The molecule has 116 valence electrons. The normalized spacial score (nSPS) is 11.0. The van der Waals surface area contributed by atoms with E-state index in [1.165, 1.54) is 4.90 Å². The first-order valence-corrected chi connectivity index (χ1v) is 7.20. The lowest BCUT2D eigenvalue weighted by molar-refractivity contribution is -0.117. The summed E-state index contributed by atoms with van der Waals surface area (Å²) in [5.41, 5.74) is -0.552. The topological polar surface area (TPSA) is 59.5 Å². The summed E-state index contributed by atoms with van der Waals surface area (Å²) < 4.78 is 5.41. The molecule has 0 fully saturated rings. The SMILES string of the molecule is CC(=O)CCCCN(C(=O)OC(C)(C)C)c1ccccn1. The minimum absolute atomic E-state index is 0.164. The van der Waals surface area contributed by atoms with Gasteiger partial charge in [0.2, 0.25) is 0 Å². The van der Waals surface area contributed by atoms with Crippen molar-refractivity contribution in [2.24, 2.45) is 0 Å². The first-order valence-electron chi connectivity index (χ1n) is 7.20. The summed E-state index contributed by atoms with van der Waals surface area (Å²) in [6.45, 7) is 7.55. The van der Waals surface area contributed by atoms with Gasteiger partial charge in [-0.1, -0.05) is 6.07 Å². The van der Waals surface area contributed by atoms with E-state index in [1.54, 1.807) is 25.3 Å². The predicted molar refractivity (Wildman–Crippen MR) is 82.3 cm³/mol. The van der Waals surface area contributed by atoms with E-state index in [0.29, 0.717) is 18.8 Å². The third-order valence-electron chi connectivity index (χ3n) is 2.70. The zero-order valence-electron chi connectivity index (χ0n) is 13.3. The fourth-order valence-electron chi connectivity index (χ4n) is 1.77. The highest BCUT2D eigenvalue weighted by Crippen LogP contribution is 2.16. The number of pyridine rings is 1. The summed E-state index contributed by atoms with van der Waals surface area (Å²) in [5.74, 6) is 0.728. The number of nitrogens with zero attached hydrogens (tertiary/aromatic N) is 2. The van der Waals surface area contributed by atoms with Crippen LogP contribution in [0.4, 0.5) is 10.6 Å².